The van der Waals surface area contributed by atoms with Crippen LogP contribution in [0.25, 0.3) is 0 Å². The Kier molecular flexibility index (Phi) is 5.04. The maximum Gasteiger partial charge on any atom is 0.274 e. The molecule has 0 fully saturated rings. The van der Waals surface area contributed by atoms with Crippen molar-refractivity contribution in [2.75, 3.05) is 10.6 Å². The number of pyridine rings is 1. The van der Waals surface area contributed by atoms with Gasteiger partial charge in [-0.3, -0.25) is 9.78 Å². The third kappa shape index (κ3) is 4.64. The zero-order chi connectivity index (χ0) is 17.6. The highest BCUT2D eigenvalue weighted by atomic mass is 19.1. The van der Waals surface area contributed by atoms with Gasteiger partial charge in [0.05, 0.1) is 0 Å². The lowest BCUT2D eigenvalue weighted by atomic mass is 10.2. The second-order valence-corrected chi connectivity index (χ2v) is 5.73. The van der Waals surface area contributed by atoms with Crippen molar-refractivity contribution in [3.05, 3.63) is 89.5 Å². The first-order valence-electron chi connectivity index (χ1n) is 7.92. The Hall–Kier alpha value is -3.21. The predicted molar refractivity (Wildman–Crippen MR) is 97.1 cm³/mol. The second-order valence-electron chi connectivity index (χ2n) is 5.73. The Balaban J connectivity index is 1.64. The van der Waals surface area contributed by atoms with E-state index in [9.17, 15) is 9.18 Å². The number of aryl methyl sites for hydroxylation is 1. The van der Waals surface area contributed by atoms with E-state index in [2.05, 4.69) is 15.6 Å². The number of anilines is 2. The smallest absolute Gasteiger partial charge is 0.274 e. The summed E-state index contributed by atoms with van der Waals surface area (Å²) in [6, 6.07) is 17.3. The van der Waals surface area contributed by atoms with Gasteiger partial charge in [-0.05, 0) is 48.9 Å². The van der Waals surface area contributed by atoms with Crippen molar-refractivity contribution >= 4 is 17.3 Å². The Morgan fingerprint density at radius 1 is 1.00 bits per heavy atom. The summed E-state index contributed by atoms with van der Waals surface area (Å²) < 4.78 is 12.9. The minimum atomic E-state index is -0.269. The molecule has 2 aromatic carbocycles. The van der Waals surface area contributed by atoms with Gasteiger partial charge in [-0.1, -0.05) is 29.8 Å². The van der Waals surface area contributed by atoms with E-state index in [1.165, 1.54) is 12.1 Å². The average Bonchev–Trinajstić information content (AvgIpc) is 2.63. The molecule has 0 atom stereocenters. The number of hydrogen-bond donors (Lipinski definition) is 2. The molecule has 0 aliphatic rings. The topological polar surface area (TPSA) is 54.0 Å². The Morgan fingerprint density at radius 2 is 1.72 bits per heavy atom. The molecule has 1 amide bonds. The van der Waals surface area contributed by atoms with Gasteiger partial charge < -0.3 is 10.6 Å². The fourth-order valence-electron chi connectivity index (χ4n) is 2.30. The number of nitrogens with one attached hydrogen (secondary N) is 2. The van der Waals surface area contributed by atoms with Crippen LogP contribution in [0.4, 0.5) is 15.8 Å². The third-order valence-corrected chi connectivity index (χ3v) is 3.71. The van der Waals surface area contributed by atoms with Gasteiger partial charge >= 0.3 is 0 Å². The summed E-state index contributed by atoms with van der Waals surface area (Å²) in [5.41, 5.74) is 3.90. The molecule has 0 unspecified atom stereocenters. The van der Waals surface area contributed by atoms with Gasteiger partial charge in [0.1, 0.15) is 11.5 Å². The van der Waals surface area contributed by atoms with Crippen LogP contribution in [-0.4, -0.2) is 10.9 Å². The molecule has 0 radical (unpaired) electrons. The fraction of sp³-hybridized carbons (Fsp3) is 0.100. The van der Waals surface area contributed by atoms with Gasteiger partial charge in [-0.2, -0.15) is 0 Å². The first-order chi connectivity index (χ1) is 12.1. The number of aromatic nitrogens is 1. The fourth-order valence-corrected chi connectivity index (χ4v) is 2.30. The first kappa shape index (κ1) is 16.6. The summed E-state index contributed by atoms with van der Waals surface area (Å²) in [6.07, 6.45) is 1.58. The van der Waals surface area contributed by atoms with Crippen molar-refractivity contribution in [1.82, 2.24) is 4.98 Å². The van der Waals surface area contributed by atoms with Crippen LogP contribution in [0, 0.1) is 12.7 Å². The molecule has 126 valence electrons. The standard InChI is InChI=1S/C20H18FN3O/c1-14-2-8-17(9-3-14)24-20(25)19-12-18(10-11-22-19)23-13-15-4-6-16(21)7-5-15/h2-12H,13H2,1H3,(H,22,23)(H,24,25). The van der Waals surface area contributed by atoms with Crippen molar-refractivity contribution in [2.45, 2.75) is 13.5 Å². The average molecular weight is 335 g/mol. The summed E-state index contributed by atoms with van der Waals surface area (Å²) in [4.78, 5) is 16.4. The van der Waals surface area contributed by atoms with Gasteiger partial charge in [0.2, 0.25) is 0 Å². The molecule has 3 rings (SSSR count). The number of nitrogens with zero attached hydrogens (tertiary/aromatic N) is 1. The number of amides is 1. The Labute approximate surface area is 145 Å². The van der Waals surface area contributed by atoms with Gasteiger partial charge in [0, 0.05) is 24.1 Å². The van der Waals surface area contributed by atoms with Crippen molar-refractivity contribution in [1.29, 1.82) is 0 Å². The molecule has 25 heavy (non-hydrogen) atoms. The summed E-state index contributed by atoms with van der Waals surface area (Å²) >= 11 is 0. The minimum absolute atomic E-state index is 0.261. The number of carbonyl (C=O) groups excluding carboxylic acids is 1. The lowest BCUT2D eigenvalue weighted by Gasteiger charge is -2.09. The minimum Gasteiger partial charge on any atom is -0.381 e. The van der Waals surface area contributed by atoms with Gasteiger partial charge in [-0.15, -0.1) is 0 Å². The summed E-state index contributed by atoms with van der Waals surface area (Å²) in [5.74, 6) is -0.531. The van der Waals surface area contributed by atoms with Crippen LogP contribution in [0.3, 0.4) is 0 Å². The molecule has 0 aliphatic carbocycles. The molecule has 0 spiro atoms. The summed E-state index contributed by atoms with van der Waals surface area (Å²) in [7, 11) is 0. The lowest BCUT2D eigenvalue weighted by Crippen LogP contribution is -2.14. The molecule has 0 aliphatic heterocycles. The molecule has 0 saturated heterocycles. The molecule has 3 aromatic rings. The number of halogens is 1. The van der Waals surface area contributed by atoms with Crippen LogP contribution in [0.2, 0.25) is 0 Å². The Bertz CT molecular complexity index is 861. The third-order valence-electron chi connectivity index (χ3n) is 3.71. The molecule has 0 bridgehead atoms. The highest BCUT2D eigenvalue weighted by Gasteiger charge is 2.08. The quantitative estimate of drug-likeness (QED) is 0.727. The molecule has 2 N–H and O–H groups in total. The van der Waals surface area contributed by atoms with Crippen molar-refractivity contribution in [2.24, 2.45) is 0 Å². The van der Waals surface area contributed by atoms with Gasteiger partial charge in [0.15, 0.2) is 0 Å². The van der Waals surface area contributed by atoms with Crippen molar-refractivity contribution in [3.8, 4) is 0 Å². The molecule has 0 saturated carbocycles. The number of benzene rings is 2. The van der Waals surface area contributed by atoms with E-state index in [0.717, 1.165) is 22.5 Å². The zero-order valence-corrected chi connectivity index (χ0v) is 13.8. The number of hydrogen-bond acceptors (Lipinski definition) is 3. The van der Waals surface area contributed by atoms with Gasteiger partial charge in [0.25, 0.3) is 5.91 Å². The van der Waals surface area contributed by atoms with E-state index in [1.54, 1.807) is 30.5 Å². The summed E-state index contributed by atoms with van der Waals surface area (Å²) in [6.45, 7) is 2.52. The van der Waals surface area contributed by atoms with E-state index in [-0.39, 0.29) is 11.7 Å². The Morgan fingerprint density at radius 3 is 2.44 bits per heavy atom. The van der Waals surface area contributed by atoms with Crippen molar-refractivity contribution in [3.63, 3.8) is 0 Å². The van der Waals surface area contributed by atoms with E-state index in [0.29, 0.717) is 12.2 Å². The second kappa shape index (κ2) is 7.57. The van der Waals surface area contributed by atoms with Crippen molar-refractivity contribution < 1.29 is 9.18 Å². The zero-order valence-electron chi connectivity index (χ0n) is 13.8. The highest BCUT2D eigenvalue weighted by Crippen LogP contribution is 2.14. The predicted octanol–water partition coefficient (Wildman–Crippen LogP) is 4.39. The van der Waals surface area contributed by atoms with E-state index < -0.39 is 0 Å². The maximum atomic E-state index is 12.9. The summed E-state index contributed by atoms with van der Waals surface area (Å²) in [5, 5.41) is 6.03. The molecule has 5 heteroatoms. The normalized spacial score (nSPS) is 10.3. The van der Waals surface area contributed by atoms with Crippen LogP contribution in [0.1, 0.15) is 21.6 Å². The van der Waals surface area contributed by atoms with E-state index >= 15 is 0 Å². The van der Waals surface area contributed by atoms with Crippen LogP contribution in [0.15, 0.2) is 66.9 Å². The van der Waals surface area contributed by atoms with Crippen LogP contribution in [-0.2, 0) is 6.54 Å². The monoisotopic (exact) mass is 335 g/mol. The number of carbonyl (C=O) groups is 1. The van der Waals surface area contributed by atoms with E-state index in [1.807, 2.05) is 31.2 Å². The van der Waals surface area contributed by atoms with Crippen LogP contribution in [0.5, 0.6) is 0 Å². The molecular formula is C20H18FN3O. The molecule has 1 aromatic heterocycles. The number of rotatable bonds is 5. The largest absolute Gasteiger partial charge is 0.381 e. The lowest BCUT2D eigenvalue weighted by molar-refractivity contribution is 0.102. The highest BCUT2D eigenvalue weighted by molar-refractivity contribution is 6.03. The molecule has 4 nitrogen and oxygen atoms in total. The van der Waals surface area contributed by atoms with Crippen LogP contribution >= 0.6 is 0 Å². The maximum absolute atomic E-state index is 12.9. The SMILES string of the molecule is Cc1ccc(NC(=O)c2cc(NCc3ccc(F)cc3)ccn2)cc1. The van der Waals surface area contributed by atoms with Gasteiger partial charge in [-0.25, -0.2) is 4.39 Å². The van der Waals surface area contributed by atoms with Crippen LogP contribution < -0.4 is 10.6 Å². The molecular weight excluding hydrogens is 317 g/mol. The van der Waals surface area contributed by atoms with E-state index in [4.69, 9.17) is 0 Å². The first-order valence-corrected chi connectivity index (χ1v) is 7.92. The molecule has 1 heterocycles.